The largest absolute Gasteiger partial charge is 0.385 e. The minimum absolute atomic E-state index is 0.707. The Hall–Kier alpha value is -0.660. The SMILES string of the molecule is COCCCOCC1CCN(C)CC1.C[C@@H]1CCN(Cc2ccc(Cl)cc2Cl)C1.c1ccsc1. The molecule has 1 aromatic carbocycles. The molecule has 0 unspecified atom stereocenters. The van der Waals surface area contributed by atoms with Crippen LogP contribution in [-0.4, -0.2) is 70.0 Å². The molecule has 0 radical (unpaired) electrons. The van der Waals surface area contributed by atoms with Crippen molar-refractivity contribution in [1.29, 1.82) is 0 Å². The molecule has 2 aliphatic heterocycles. The Morgan fingerprint density at radius 3 is 2.32 bits per heavy atom. The second kappa shape index (κ2) is 17.7. The number of piperidine rings is 1. The number of nitrogens with zero attached hydrogens (tertiary/aromatic N) is 2. The van der Waals surface area contributed by atoms with Crippen LogP contribution in [0.15, 0.2) is 41.1 Å². The Morgan fingerprint density at radius 2 is 1.76 bits per heavy atom. The summed E-state index contributed by atoms with van der Waals surface area (Å²) in [4.78, 5) is 4.83. The van der Waals surface area contributed by atoms with Gasteiger partial charge in [0.15, 0.2) is 0 Å². The molecule has 192 valence electrons. The maximum absolute atomic E-state index is 6.13. The van der Waals surface area contributed by atoms with Crippen LogP contribution in [-0.2, 0) is 16.0 Å². The summed E-state index contributed by atoms with van der Waals surface area (Å²) >= 11 is 13.7. The van der Waals surface area contributed by atoms with Gasteiger partial charge in [0.05, 0.1) is 0 Å². The molecule has 4 rings (SSSR count). The van der Waals surface area contributed by atoms with Gasteiger partial charge in [0, 0.05) is 50.1 Å². The molecule has 7 heteroatoms. The molecule has 0 bridgehead atoms. The molecule has 3 heterocycles. The summed E-state index contributed by atoms with van der Waals surface area (Å²) in [5, 5.41) is 5.57. The molecule has 2 aromatic rings. The molecule has 0 spiro atoms. The third-order valence-electron chi connectivity index (χ3n) is 6.17. The Morgan fingerprint density at radius 1 is 1.03 bits per heavy atom. The number of hydrogen-bond acceptors (Lipinski definition) is 5. The van der Waals surface area contributed by atoms with Gasteiger partial charge in [-0.1, -0.05) is 48.3 Å². The molecular formula is C27H42Cl2N2O2S. The van der Waals surface area contributed by atoms with E-state index in [1.807, 2.05) is 41.1 Å². The average molecular weight is 530 g/mol. The number of rotatable bonds is 8. The Labute approximate surface area is 221 Å². The molecule has 4 nitrogen and oxygen atoms in total. The van der Waals surface area contributed by atoms with Crippen molar-refractivity contribution in [1.82, 2.24) is 9.80 Å². The second-order valence-electron chi connectivity index (χ2n) is 9.33. The van der Waals surface area contributed by atoms with Crippen molar-refractivity contribution in [2.24, 2.45) is 11.8 Å². The first-order chi connectivity index (χ1) is 16.5. The Balaban J connectivity index is 0.000000200. The third-order valence-corrected chi connectivity index (χ3v) is 7.39. The lowest BCUT2D eigenvalue weighted by Crippen LogP contribution is -2.32. The van der Waals surface area contributed by atoms with Crippen molar-refractivity contribution in [3.05, 3.63) is 56.7 Å². The maximum Gasteiger partial charge on any atom is 0.0495 e. The molecule has 1 atom stereocenters. The van der Waals surface area contributed by atoms with Crippen molar-refractivity contribution in [3.63, 3.8) is 0 Å². The standard InChI is InChI=1S/C12H15Cl2N.C11H23NO2.C4H4S/c1-9-4-5-15(7-9)8-10-2-3-11(13)6-12(10)14;1-12-6-4-11(5-7-12)10-14-9-3-8-13-2;1-2-4-5-3-1/h2-3,6,9H,4-5,7-8H2,1H3;11H,3-10H2,1-2H3;1-4H/t9-;;/m1../s1. The van der Waals surface area contributed by atoms with Crippen LogP contribution in [0.1, 0.15) is 38.2 Å². The van der Waals surface area contributed by atoms with E-state index in [4.69, 9.17) is 32.7 Å². The molecule has 0 saturated carbocycles. The number of benzene rings is 1. The topological polar surface area (TPSA) is 24.9 Å². The summed E-state index contributed by atoms with van der Waals surface area (Å²) in [5.41, 5.74) is 1.18. The van der Waals surface area contributed by atoms with Gasteiger partial charge in [-0.25, -0.2) is 0 Å². The van der Waals surface area contributed by atoms with Gasteiger partial charge in [-0.15, -0.1) is 0 Å². The number of halogens is 2. The van der Waals surface area contributed by atoms with E-state index in [1.165, 1.54) is 51.0 Å². The first-order valence-electron chi connectivity index (χ1n) is 12.4. The van der Waals surface area contributed by atoms with E-state index in [9.17, 15) is 0 Å². The van der Waals surface area contributed by atoms with Crippen LogP contribution in [0.5, 0.6) is 0 Å². The molecule has 0 N–H and O–H groups in total. The molecular weight excluding hydrogens is 487 g/mol. The summed E-state index contributed by atoms with van der Waals surface area (Å²) in [5.74, 6) is 1.60. The zero-order chi connectivity index (χ0) is 24.6. The molecule has 2 saturated heterocycles. The quantitative estimate of drug-likeness (QED) is 0.345. The van der Waals surface area contributed by atoms with Gasteiger partial charge in [0.2, 0.25) is 0 Å². The molecule has 0 aliphatic carbocycles. The fraction of sp³-hybridized carbons (Fsp3) is 0.630. The average Bonchev–Trinajstić information content (AvgIpc) is 3.53. The van der Waals surface area contributed by atoms with Gasteiger partial charge in [0.25, 0.3) is 0 Å². The summed E-state index contributed by atoms with van der Waals surface area (Å²) in [6.07, 6.45) is 4.90. The fourth-order valence-electron chi connectivity index (χ4n) is 4.07. The minimum atomic E-state index is 0.707. The highest BCUT2D eigenvalue weighted by Gasteiger charge is 2.19. The summed E-state index contributed by atoms with van der Waals surface area (Å²) in [6, 6.07) is 9.78. The van der Waals surface area contributed by atoms with E-state index < -0.39 is 0 Å². The highest BCUT2D eigenvalue weighted by atomic mass is 35.5. The lowest BCUT2D eigenvalue weighted by atomic mass is 9.98. The third kappa shape index (κ3) is 12.9. The van der Waals surface area contributed by atoms with Crippen molar-refractivity contribution >= 4 is 34.5 Å². The van der Waals surface area contributed by atoms with Crippen molar-refractivity contribution in [2.45, 2.75) is 39.2 Å². The van der Waals surface area contributed by atoms with E-state index in [2.05, 4.69) is 23.8 Å². The van der Waals surface area contributed by atoms with Gasteiger partial charge >= 0.3 is 0 Å². The fourth-order valence-corrected chi connectivity index (χ4v) is 4.99. The van der Waals surface area contributed by atoms with Crippen LogP contribution < -0.4 is 0 Å². The highest BCUT2D eigenvalue weighted by molar-refractivity contribution is 7.07. The normalized spacial score (nSPS) is 19.3. The van der Waals surface area contributed by atoms with Crippen LogP contribution in [0.3, 0.4) is 0 Å². The van der Waals surface area contributed by atoms with Crippen molar-refractivity contribution in [3.8, 4) is 0 Å². The van der Waals surface area contributed by atoms with Crippen LogP contribution in [0.2, 0.25) is 10.0 Å². The second-order valence-corrected chi connectivity index (χ2v) is 11.0. The monoisotopic (exact) mass is 528 g/mol. The number of thiophene rings is 1. The maximum atomic E-state index is 6.13. The van der Waals surface area contributed by atoms with Crippen LogP contribution in [0.25, 0.3) is 0 Å². The Bertz CT molecular complexity index is 738. The number of likely N-dealkylation sites (tertiary alicyclic amines) is 2. The molecule has 2 fully saturated rings. The van der Waals surface area contributed by atoms with Gasteiger partial charge in [-0.2, -0.15) is 11.3 Å². The number of hydrogen-bond donors (Lipinski definition) is 0. The first kappa shape index (κ1) is 29.6. The van der Waals surface area contributed by atoms with Gasteiger partial charge < -0.3 is 14.4 Å². The zero-order valence-electron chi connectivity index (χ0n) is 21.1. The lowest BCUT2D eigenvalue weighted by molar-refractivity contribution is 0.0589. The number of ether oxygens (including phenoxy) is 2. The van der Waals surface area contributed by atoms with Crippen molar-refractivity contribution in [2.75, 3.05) is 60.2 Å². The predicted octanol–water partition coefficient (Wildman–Crippen LogP) is 6.96. The predicted molar refractivity (Wildman–Crippen MR) is 147 cm³/mol. The Kier molecular flexibility index (Phi) is 15.4. The van der Waals surface area contributed by atoms with Crippen molar-refractivity contribution < 1.29 is 9.47 Å². The first-order valence-corrected chi connectivity index (χ1v) is 14.1. The van der Waals surface area contributed by atoms with Crippen LogP contribution in [0.4, 0.5) is 0 Å². The van der Waals surface area contributed by atoms with Gasteiger partial charge in [-0.05, 0) is 92.7 Å². The number of methoxy groups -OCH3 is 1. The van der Waals surface area contributed by atoms with E-state index in [0.29, 0.717) is 5.02 Å². The minimum Gasteiger partial charge on any atom is -0.385 e. The van der Waals surface area contributed by atoms with E-state index in [1.54, 1.807) is 18.4 Å². The summed E-state index contributed by atoms with van der Waals surface area (Å²) < 4.78 is 10.6. The lowest BCUT2D eigenvalue weighted by Gasteiger charge is -2.28. The van der Waals surface area contributed by atoms with E-state index >= 15 is 0 Å². The molecule has 2 aliphatic rings. The molecule has 0 amide bonds. The van der Waals surface area contributed by atoms with E-state index in [0.717, 1.165) is 49.6 Å². The van der Waals surface area contributed by atoms with Gasteiger partial charge in [0.1, 0.15) is 0 Å². The molecule has 34 heavy (non-hydrogen) atoms. The smallest absolute Gasteiger partial charge is 0.0495 e. The van der Waals surface area contributed by atoms with E-state index in [-0.39, 0.29) is 0 Å². The van der Waals surface area contributed by atoms with Crippen LogP contribution in [0, 0.1) is 11.8 Å². The summed E-state index contributed by atoms with van der Waals surface area (Å²) in [6.45, 7) is 10.7. The highest BCUT2D eigenvalue weighted by Crippen LogP contribution is 2.24. The zero-order valence-corrected chi connectivity index (χ0v) is 23.4. The van der Waals surface area contributed by atoms with Gasteiger partial charge in [-0.3, -0.25) is 4.90 Å². The summed E-state index contributed by atoms with van der Waals surface area (Å²) in [7, 11) is 3.92. The molecule has 1 aromatic heterocycles. The van der Waals surface area contributed by atoms with Crippen LogP contribution >= 0.6 is 34.5 Å².